The van der Waals surface area contributed by atoms with Crippen molar-refractivity contribution in [1.82, 2.24) is 5.32 Å². The van der Waals surface area contributed by atoms with Crippen molar-refractivity contribution in [3.63, 3.8) is 0 Å². The summed E-state index contributed by atoms with van der Waals surface area (Å²) >= 11 is 0. The van der Waals surface area contributed by atoms with E-state index in [2.05, 4.69) is 5.32 Å². The Morgan fingerprint density at radius 3 is 2.00 bits per heavy atom. The highest BCUT2D eigenvalue weighted by Crippen LogP contribution is 2.25. The van der Waals surface area contributed by atoms with E-state index in [0.717, 1.165) is 12.1 Å². The molecule has 21 heavy (non-hydrogen) atoms. The molecule has 6 heteroatoms. The van der Waals surface area contributed by atoms with Crippen LogP contribution in [0, 0.1) is 29.1 Å². The first kappa shape index (κ1) is 15.4. The van der Waals surface area contributed by atoms with E-state index in [0.29, 0.717) is 12.1 Å². The maximum Gasteiger partial charge on any atom is 0.161 e. The Morgan fingerprint density at radius 2 is 1.43 bits per heavy atom. The molecule has 0 fully saturated rings. The van der Waals surface area contributed by atoms with Gasteiger partial charge in [-0.3, -0.25) is 0 Å². The lowest BCUT2D eigenvalue weighted by atomic mass is 9.97. The lowest BCUT2D eigenvalue weighted by molar-refractivity contribution is 0.466. The Kier molecular flexibility index (Phi) is 4.57. The van der Waals surface area contributed by atoms with Crippen LogP contribution in [0.25, 0.3) is 0 Å². The maximum atomic E-state index is 13.7. The fourth-order valence-electron chi connectivity index (χ4n) is 2.10. The van der Waals surface area contributed by atoms with Crippen molar-refractivity contribution in [2.24, 2.45) is 0 Å². The molecular weight excluding hydrogens is 289 g/mol. The molecule has 0 amide bonds. The lowest BCUT2D eigenvalue weighted by Gasteiger charge is -2.18. The molecule has 112 valence electrons. The van der Waals surface area contributed by atoms with Crippen molar-refractivity contribution in [2.45, 2.75) is 12.5 Å². The van der Waals surface area contributed by atoms with Gasteiger partial charge in [0.1, 0.15) is 17.5 Å². The molecule has 1 atom stereocenters. The van der Waals surface area contributed by atoms with Crippen LogP contribution < -0.4 is 5.32 Å². The second-order valence-electron chi connectivity index (χ2n) is 4.53. The van der Waals surface area contributed by atoms with E-state index in [1.165, 1.54) is 13.1 Å². The zero-order valence-corrected chi connectivity index (χ0v) is 11.1. The van der Waals surface area contributed by atoms with Crippen LogP contribution >= 0.6 is 0 Å². The molecule has 0 aliphatic rings. The Labute approximate surface area is 118 Å². The molecule has 0 radical (unpaired) electrons. The van der Waals surface area contributed by atoms with E-state index in [-0.39, 0.29) is 17.5 Å². The topological polar surface area (TPSA) is 12.0 Å². The summed E-state index contributed by atoms with van der Waals surface area (Å²) in [7, 11) is 1.43. The third-order valence-electron chi connectivity index (χ3n) is 3.23. The minimum Gasteiger partial charge on any atom is -0.313 e. The standard InChI is InChI=1S/C15H12F5N/c1-21-15(6-8-10(16)3-2-4-11(8)17)9-5-13(19)14(20)7-12(9)18/h2-5,7,15,21H,6H2,1H3. The predicted molar refractivity (Wildman–Crippen MR) is 68.2 cm³/mol. The molecule has 0 saturated heterocycles. The smallest absolute Gasteiger partial charge is 0.161 e. The van der Waals surface area contributed by atoms with Gasteiger partial charge in [-0.05, 0) is 31.7 Å². The first-order valence-corrected chi connectivity index (χ1v) is 6.18. The molecular formula is C15H12F5N. The van der Waals surface area contributed by atoms with Crippen LogP contribution in [0.4, 0.5) is 22.0 Å². The summed E-state index contributed by atoms with van der Waals surface area (Å²) in [6.45, 7) is 0. The van der Waals surface area contributed by atoms with Gasteiger partial charge in [-0.15, -0.1) is 0 Å². The third-order valence-corrected chi connectivity index (χ3v) is 3.23. The number of rotatable bonds is 4. The SMILES string of the molecule is CNC(Cc1c(F)cccc1F)c1cc(F)c(F)cc1F. The average Bonchev–Trinajstić information content (AvgIpc) is 2.43. The highest BCUT2D eigenvalue weighted by Gasteiger charge is 2.21. The van der Waals surface area contributed by atoms with Gasteiger partial charge in [-0.1, -0.05) is 6.07 Å². The summed E-state index contributed by atoms with van der Waals surface area (Å²) in [5, 5.41) is 2.65. The van der Waals surface area contributed by atoms with Crippen molar-refractivity contribution >= 4 is 0 Å². The average molecular weight is 301 g/mol. The van der Waals surface area contributed by atoms with Gasteiger partial charge in [0.15, 0.2) is 11.6 Å². The zero-order valence-electron chi connectivity index (χ0n) is 11.1. The van der Waals surface area contributed by atoms with E-state index >= 15 is 0 Å². The minimum absolute atomic E-state index is 0.195. The molecule has 0 aliphatic heterocycles. The molecule has 1 unspecified atom stereocenters. The van der Waals surface area contributed by atoms with Crippen LogP contribution in [-0.4, -0.2) is 7.05 Å². The third kappa shape index (κ3) is 3.21. The predicted octanol–water partition coefficient (Wildman–Crippen LogP) is 3.89. The summed E-state index contributed by atoms with van der Waals surface area (Å²) in [4.78, 5) is 0. The number of hydrogen-bond donors (Lipinski definition) is 1. The normalized spacial score (nSPS) is 12.5. The monoisotopic (exact) mass is 301 g/mol. The van der Waals surface area contributed by atoms with Crippen LogP contribution in [0.3, 0.4) is 0 Å². The van der Waals surface area contributed by atoms with Crippen molar-refractivity contribution in [3.8, 4) is 0 Å². The van der Waals surface area contributed by atoms with Crippen LogP contribution in [-0.2, 0) is 6.42 Å². The molecule has 2 rings (SSSR count). The van der Waals surface area contributed by atoms with Gasteiger partial charge in [0.25, 0.3) is 0 Å². The molecule has 1 N–H and O–H groups in total. The zero-order chi connectivity index (χ0) is 15.6. The quantitative estimate of drug-likeness (QED) is 0.667. The van der Waals surface area contributed by atoms with Crippen LogP contribution in [0.15, 0.2) is 30.3 Å². The molecule has 0 bridgehead atoms. The molecule has 2 aromatic rings. The Balaban J connectivity index is 2.39. The van der Waals surface area contributed by atoms with Crippen molar-refractivity contribution in [2.75, 3.05) is 7.05 Å². The largest absolute Gasteiger partial charge is 0.313 e. The van der Waals surface area contributed by atoms with Crippen molar-refractivity contribution in [3.05, 3.63) is 70.5 Å². The Morgan fingerprint density at radius 1 is 0.857 bits per heavy atom. The van der Waals surface area contributed by atoms with Gasteiger partial charge in [0.2, 0.25) is 0 Å². The number of likely N-dealkylation sites (N-methyl/N-ethyl adjacent to an activating group) is 1. The number of halogens is 5. The second-order valence-corrected chi connectivity index (χ2v) is 4.53. The molecule has 0 aromatic heterocycles. The molecule has 0 aliphatic carbocycles. The molecule has 0 saturated carbocycles. The summed E-state index contributed by atoms with van der Waals surface area (Å²) in [5.41, 5.74) is -0.444. The second kappa shape index (κ2) is 6.22. The summed E-state index contributed by atoms with van der Waals surface area (Å²) in [5.74, 6) is -5.08. The molecule has 2 aromatic carbocycles. The highest BCUT2D eigenvalue weighted by atomic mass is 19.2. The fourth-order valence-corrected chi connectivity index (χ4v) is 2.10. The van der Waals surface area contributed by atoms with Gasteiger partial charge in [-0.25, -0.2) is 22.0 Å². The number of hydrogen-bond acceptors (Lipinski definition) is 1. The van der Waals surface area contributed by atoms with Gasteiger partial charge in [0, 0.05) is 23.2 Å². The van der Waals surface area contributed by atoms with E-state index in [1.54, 1.807) is 0 Å². The first-order chi connectivity index (χ1) is 9.93. The van der Waals surface area contributed by atoms with Crippen molar-refractivity contribution in [1.29, 1.82) is 0 Å². The van der Waals surface area contributed by atoms with Crippen LogP contribution in [0.2, 0.25) is 0 Å². The maximum absolute atomic E-state index is 13.7. The van der Waals surface area contributed by atoms with Crippen molar-refractivity contribution < 1.29 is 22.0 Å². The summed E-state index contributed by atoms with van der Waals surface area (Å²) < 4.78 is 67.1. The van der Waals surface area contributed by atoms with E-state index < -0.39 is 35.1 Å². The Hall–Kier alpha value is -1.95. The van der Waals surface area contributed by atoms with E-state index in [9.17, 15) is 22.0 Å². The van der Waals surface area contributed by atoms with E-state index in [4.69, 9.17) is 0 Å². The molecule has 0 spiro atoms. The van der Waals surface area contributed by atoms with Crippen LogP contribution in [0.1, 0.15) is 17.2 Å². The van der Waals surface area contributed by atoms with Gasteiger partial charge < -0.3 is 5.32 Å². The van der Waals surface area contributed by atoms with Gasteiger partial charge in [-0.2, -0.15) is 0 Å². The van der Waals surface area contributed by atoms with Crippen LogP contribution in [0.5, 0.6) is 0 Å². The highest BCUT2D eigenvalue weighted by molar-refractivity contribution is 5.28. The first-order valence-electron chi connectivity index (χ1n) is 6.18. The number of benzene rings is 2. The van der Waals surface area contributed by atoms with Gasteiger partial charge >= 0.3 is 0 Å². The van der Waals surface area contributed by atoms with E-state index in [1.807, 2.05) is 0 Å². The van der Waals surface area contributed by atoms with Gasteiger partial charge in [0.05, 0.1) is 0 Å². The fraction of sp³-hybridized carbons (Fsp3) is 0.200. The Bertz CT molecular complexity index is 637. The number of nitrogens with one attached hydrogen (secondary N) is 1. The molecule has 0 heterocycles. The minimum atomic E-state index is -1.32. The lowest BCUT2D eigenvalue weighted by Crippen LogP contribution is -2.21. The molecule has 1 nitrogen and oxygen atoms in total. The summed E-state index contributed by atoms with van der Waals surface area (Å²) in [6, 6.07) is 3.56. The summed E-state index contributed by atoms with van der Waals surface area (Å²) in [6.07, 6.45) is -0.239.